The molecule has 0 unspecified atom stereocenters. The molecule has 188 valence electrons. The molecule has 0 bridgehead atoms. The lowest BCUT2D eigenvalue weighted by Gasteiger charge is -2.33. The van der Waals surface area contributed by atoms with E-state index in [1.807, 2.05) is 12.1 Å². The van der Waals surface area contributed by atoms with E-state index < -0.39 is 5.97 Å². The Kier molecular flexibility index (Phi) is 8.19. The quantitative estimate of drug-likeness (QED) is 0.264. The monoisotopic (exact) mass is 483 g/mol. The number of carbonyl (C=O) groups excluding carboxylic acids is 1. The van der Waals surface area contributed by atoms with Crippen molar-refractivity contribution in [1.29, 1.82) is 0 Å². The summed E-state index contributed by atoms with van der Waals surface area (Å²) in [7, 11) is 2.13. The first-order valence-corrected chi connectivity index (χ1v) is 12.4. The van der Waals surface area contributed by atoms with E-state index in [0.717, 1.165) is 34.5 Å². The maximum absolute atomic E-state index is 13.4. The zero-order chi connectivity index (χ0) is 26.6. The number of hydrogen-bond acceptors (Lipinski definition) is 3. The topological polar surface area (TPSA) is 57.6 Å². The van der Waals surface area contributed by atoms with Crippen molar-refractivity contribution in [2.45, 2.75) is 47.0 Å². The van der Waals surface area contributed by atoms with Gasteiger partial charge in [-0.2, -0.15) is 0 Å². The number of nitrogens with zero attached hydrogens (tertiary/aromatic N) is 1. The van der Waals surface area contributed by atoms with Crippen LogP contribution in [0.4, 0.5) is 5.69 Å². The summed E-state index contributed by atoms with van der Waals surface area (Å²) in [5.74, 6) is -0.567. The second kappa shape index (κ2) is 10.9. The molecular weight excluding hydrogens is 446 g/mol. The highest BCUT2D eigenvalue weighted by molar-refractivity contribution is 6.08. The Balaban J connectivity index is 2.13. The van der Waals surface area contributed by atoms with Crippen LogP contribution in [0.5, 0.6) is 0 Å². The van der Waals surface area contributed by atoms with Crippen LogP contribution in [0.2, 0.25) is 0 Å². The molecule has 4 nitrogen and oxygen atoms in total. The highest BCUT2D eigenvalue weighted by atomic mass is 16.4. The van der Waals surface area contributed by atoms with Gasteiger partial charge in [0.25, 0.3) is 0 Å². The SMILES string of the molecule is Cc1ccc(-c2cc(C(=O)C=Cc3ccc(C(=O)O)cc3)cc(C(C)(C)C)c2N(C)CC(C)C)cc1. The van der Waals surface area contributed by atoms with Gasteiger partial charge < -0.3 is 10.0 Å². The van der Waals surface area contributed by atoms with Gasteiger partial charge in [0, 0.05) is 30.4 Å². The van der Waals surface area contributed by atoms with Crippen molar-refractivity contribution in [3.05, 3.63) is 94.6 Å². The molecule has 3 aromatic rings. The summed E-state index contributed by atoms with van der Waals surface area (Å²) < 4.78 is 0. The smallest absolute Gasteiger partial charge is 0.335 e. The minimum Gasteiger partial charge on any atom is -0.478 e. The summed E-state index contributed by atoms with van der Waals surface area (Å²) in [6, 6.07) is 19.0. The Bertz CT molecular complexity index is 1260. The van der Waals surface area contributed by atoms with E-state index in [1.54, 1.807) is 36.4 Å². The third-order valence-corrected chi connectivity index (χ3v) is 6.17. The van der Waals surface area contributed by atoms with E-state index in [2.05, 4.69) is 77.8 Å². The van der Waals surface area contributed by atoms with Gasteiger partial charge in [-0.25, -0.2) is 4.79 Å². The molecule has 0 saturated carbocycles. The van der Waals surface area contributed by atoms with Crippen LogP contribution < -0.4 is 4.90 Å². The van der Waals surface area contributed by atoms with E-state index in [-0.39, 0.29) is 16.8 Å². The molecule has 36 heavy (non-hydrogen) atoms. The van der Waals surface area contributed by atoms with Crippen LogP contribution in [-0.4, -0.2) is 30.5 Å². The molecule has 0 aromatic heterocycles. The van der Waals surface area contributed by atoms with Crippen LogP contribution in [-0.2, 0) is 5.41 Å². The minimum atomic E-state index is -0.970. The molecule has 0 fully saturated rings. The number of carboxylic acid groups (broad SMARTS) is 1. The van der Waals surface area contributed by atoms with Gasteiger partial charge in [0.1, 0.15) is 0 Å². The van der Waals surface area contributed by atoms with Gasteiger partial charge >= 0.3 is 5.97 Å². The number of allylic oxidation sites excluding steroid dienone is 1. The van der Waals surface area contributed by atoms with Crippen LogP contribution in [0.3, 0.4) is 0 Å². The fourth-order valence-electron chi connectivity index (χ4n) is 4.36. The summed E-state index contributed by atoms with van der Waals surface area (Å²) in [5.41, 5.74) is 7.07. The summed E-state index contributed by atoms with van der Waals surface area (Å²) in [6.07, 6.45) is 3.29. The van der Waals surface area contributed by atoms with E-state index in [4.69, 9.17) is 5.11 Å². The number of carboxylic acids is 1. The van der Waals surface area contributed by atoms with Crippen LogP contribution in [0.25, 0.3) is 17.2 Å². The number of hydrogen-bond donors (Lipinski definition) is 1. The molecule has 3 aromatic carbocycles. The highest BCUT2D eigenvalue weighted by Gasteiger charge is 2.26. The second-order valence-corrected chi connectivity index (χ2v) is 10.9. The lowest BCUT2D eigenvalue weighted by Crippen LogP contribution is -2.27. The summed E-state index contributed by atoms with van der Waals surface area (Å²) >= 11 is 0. The fourth-order valence-corrected chi connectivity index (χ4v) is 4.36. The van der Waals surface area contributed by atoms with Gasteiger partial charge in [0.05, 0.1) is 5.56 Å². The highest BCUT2D eigenvalue weighted by Crippen LogP contribution is 2.41. The summed E-state index contributed by atoms with van der Waals surface area (Å²) in [5, 5.41) is 9.10. The fraction of sp³-hybridized carbons (Fsp3) is 0.312. The number of aryl methyl sites for hydroxylation is 1. The van der Waals surface area contributed by atoms with E-state index >= 15 is 0 Å². The standard InChI is InChI=1S/C32H37NO3/c1-21(2)20-33(7)30-27(24-13-8-22(3)9-14-24)18-26(19-28(30)32(4,5)6)29(34)17-12-23-10-15-25(16-11-23)31(35)36/h8-19,21H,20H2,1-7H3,(H,35,36). The number of benzene rings is 3. The molecule has 0 atom stereocenters. The zero-order valence-corrected chi connectivity index (χ0v) is 22.4. The zero-order valence-electron chi connectivity index (χ0n) is 22.4. The first kappa shape index (κ1) is 26.9. The molecule has 0 radical (unpaired) electrons. The molecule has 0 heterocycles. The van der Waals surface area contributed by atoms with Crippen molar-refractivity contribution in [2.24, 2.45) is 5.92 Å². The van der Waals surface area contributed by atoms with Gasteiger partial charge in [0.2, 0.25) is 0 Å². The second-order valence-electron chi connectivity index (χ2n) is 10.9. The predicted molar refractivity (Wildman–Crippen MR) is 150 cm³/mol. The maximum Gasteiger partial charge on any atom is 0.335 e. The van der Waals surface area contributed by atoms with Gasteiger partial charge in [0.15, 0.2) is 5.78 Å². The van der Waals surface area contributed by atoms with Gasteiger partial charge in [-0.1, -0.05) is 82.7 Å². The molecule has 0 aliphatic heterocycles. The molecule has 0 amide bonds. The number of rotatable bonds is 8. The van der Waals surface area contributed by atoms with Crippen molar-refractivity contribution >= 4 is 23.5 Å². The molecule has 0 aliphatic carbocycles. The molecule has 0 spiro atoms. The van der Waals surface area contributed by atoms with E-state index in [0.29, 0.717) is 11.5 Å². The normalized spacial score (nSPS) is 11.8. The van der Waals surface area contributed by atoms with E-state index in [9.17, 15) is 9.59 Å². The summed E-state index contributed by atoms with van der Waals surface area (Å²) in [6.45, 7) is 14.0. The Hall–Kier alpha value is -3.66. The molecule has 1 N–H and O–H groups in total. The number of carbonyl (C=O) groups is 2. The first-order valence-electron chi connectivity index (χ1n) is 12.4. The van der Waals surface area contributed by atoms with Crippen molar-refractivity contribution in [3.8, 4) is 11.1 Å². The number of anilines is 1. The molecule has 0 aliphatic rings. The lowest BCUT2D eigenvalue weighted by molar-refractivity contribution is 0.0696. The molecule has 0 saturated heterocycles. The minimum absolute atomic E-state index is 0.0887. The van der Waals surface area contributed by atoms with Crippen molar-refractivity contribution in [1.82, 2.24) is 0 Å². The third-order valence-electron chi connectivity index (χ3n) is 6.17. The Labute approximate surface area is 215 Å². The van der Waals surface area contributed by atoms with Crippen molar-refractivity contribution < 1.29 is 14.7 Å². The molecule has 4 heteroatoms. The van der Waals surface area contributed by atoms with Crippen LogP contribution in [0, 0.1) is 12.8 Å². The van der Waals surface area contributed by atoms with Gasteiger partial charge in [-0.3, -0.25) is 4.79 Å². The van der Waals surface area contributed by atoms with Crippen molar-refractivity contribution in [3.63, 3.8) is 0 Å². The Morgan fingerprint density at radius 3 is 2.08 bits per heavy atom. The van der Waals surface area contributed by atoms with Gasteiger partial charge in [-0.15, -0.1) is 0 Å². The third kappa shape index (κ3) is 6.51. The largest absolute Gasteiger partial charge is 0.478 e. The summed E-state index contributed by atoms with van der Waals surface area (Å²) in [4.78, 5) is 26.8. The molecular formula is C32H37NO3. The average molecular weight is 484 g/mol. The van der Waals surface area contributed by atoms with Crippen molar-refractivity contribution in [2.75, 3.05) is 18.5 Å². The van der Waals surface area contributed by atoms with Gasteiger partial charge in [-0.05, 0) is 65.3 Å². The van der Waals surface area contributed by atoms with Crippen LogP contribution in [0.1, 0.15) is 72.0 Å². The Morgan fingerprint density at radius 2 is 1.56 bits per heavy atom. The average Bonchev–Trinajstić information content (AvgIpc) is 2.81. The lowest BCUT2D eigenvalue weighted by atomic mass is 9.81. The maximum atomic E-state index is 13.4. The number of ketones is 1. The predicted octanol–water partition coefficient (Wildman–Crippen LogP) is 7.65. The Morgan fingerprint density at radius 1 is 0.944 bits per heavy atom. The van der Waals surface area contributed by atoms with Crippen LogP contribution >= 0.6 is 0 Å². The van der Waals surface area contributed by atoms with E-state index in [1.165, 1.54) is 5.56 Å². The number of aromatic carboxylic acids is 1. The van der Waals surface area contributed by atoms with Crippen LogP contribution in [0.15, 0.2) is 66.7 Å². The molecule has 3 rings (SSSR count). The first-order chi connectivity index (χ1) is 16.9.